The van der Waals surface area contributed by atoms with Crippen molar-refractivity contribution in [1.82, 2.24) is 34.2 Å². The summed E-state index contributed by atoms with van der Waals surface area (Å²) in [6.07, 6.45) is 10.3. The van der Waals surface area contributed by atoms with Crippen LogP contribution in [0.3, 0.4) is 0 Å². The van der Waals surface area contributed by atoms with Crippen molar-refractivity contribution >= 4 is 17.5 Å². The fourth-order valence-electron chi connectivity index (χ4n) is 3.64. The third kappa shape index (κ3) is 3.69. The summed E-state index contributed by atoms with van der Waals surface area (Å²) in [5, 5.41) is 15.7. The van der Waals surface area contributed by atoms with Crippen LogP contribution < -0.4 is 5.32 Å². The number of amides is 1. The molecular formula is C20H22N8O2. The molecule has 0 bridgehead atoms. The first kappa shape index (κ1) is 18.5. The van der Waals surface area contributed by atoms with Crippen LogP contribution in [0.5, 0.6) is 0 Å². The minimum atomic E-state index is -0.234. The van der Waals surface area contributed by atoms with E-state index >= 15 is 0 Å². The van der Waals surface area contributed by atoms with Gasteiger partial charge in [-0.3, -0.25) is 14.8 Å². The summed E-state index contributed by atoms with van der Waals surface area (Å²) < 4.78 is 11.0. The predicted octanol–water partition coefficient (Wildman–Crippen LogP) is 2.44. The van der Waals surface area contributed by atoms with Gasteiger partial charge in [0.2, 0.25) is 11.9 Å². The van der Waals surface area contributed by atoms with E-state index in [1.807, 2.05) is 42.2 Å². The molecule has 1 N–H and O–H groups in total. The molecule has 0 aromatic carbocycles. The highest BCUT2D eigenvalue weighted by Gasteiger charge is 2.20. The topological polar surface area (TPSA) is 104 Å². The smallest absolute Gasteiger partial charge is 0.249 e. The van der Waals surface area contributed by atoms with Crippen LogP contribution in [0.2, 0.25) is 0 Å². The number of aryl methyl sites for hydroxylation is 1. The summed E-state index contributed by atoms with van der Waals surface area (Å²) >= 11 is 0. The SMILES string of the molecule is Cc1cnn(CC(=O)Nc2nc3ccc(-c4ccnn4[C@@H]4CCCCO4)cn3n2)c1. The van der Waals surface area contributed by atoms with Crippen molar-refractivity contribution in [2.45, 2.75) is 39.0 Å². The quantitative estimate of drug-likeness (QED) is 0.546. The molecule has 10 heteroatoms. The van der Waals surface area contributed by atoms with E-state index in [9.17, 15) is 4.79 Å². The Labute approximate surface area is 172 Å². The third-order valence-electron chi connectivity index (χ3n) is 5.04. The highest BCUT2D eigenvalue weighted by Crippen LogP contribution is 2.28. The van der Waals surface area contributed by atoms with Gasteiger partial charge in [0.15, 0.2) is 11.9 Å². The molecule has 1 atom stereocenters. The molecule has 0 saturated carbocycles. The lowest BCUT2D eigenvalue weighted by molar-refractivity contribution is -0.116. The van der Waals surface area contributed by atoms with Gasteiger partial charge in [-0.2, -0.15) is 15.2 Å². The first-order valence-electron chi connectivity index (χ1n) is 9.96. The summed E-state index contributed by atoms with van der Waals surface area (Å²) in [7, 11) is 0. The molecule has 1 aliphatic rings. The zero-order valence-corrected chi connectivity index (χ0v) is 16.6. The van der Waals surface area contributed by atoms with Gasteiger partial charge in [-0.25, -0.2) is 9.20 Å². The van der Waals surface area contributed by atoms with E-state index in [0.29, 0.717) is 5.65 Å². The number of carbonyl (C=O) groups excluding carboxylic acids is 1. The lowest BCUT2D eigenvalue weighted by Crippen LogP contribution is -2.20. The number of ether oxygens (including phenoxy) is 1. The molecule has 5 heterocycles. The van der Waals surface area contributed by atoms with Gasteiger partial charge in [-0.15, -0.1) is 5.10 Å². The van der Waals surface area contributed by atoms with Crippen LogP contribution in [0.15, 0.2) is 43.0 Å². The van der Waals surface area contributed by atoms with E-state index in [1.54, 1.807) is 21.6 Å². The predicted molar refractivity (Wildman–Crippen MR) is 109 cm³/mol. The molecule has 1 saturated heterocycles. The number of rotatable bonds is 5. The van der Waals surface area contributed by atoms with E-state index in [2.05, 4.69) is 25.6 Å². The van der Waals surface area contributed by atoms with E-state index < -0.39 is 0 Å². The van der Waals surface area contributed by atoms with Crippen LogP contribution in [-0.4, -0.2) is 46.7 Å². The first-order chi connectivity index (χ1) is 14.7. The maximum atomic E-state index is 12.3. The van der Waals surface area contributed by atoms with Gasteiger partial charge in [0, 0.05) is 30.8 Å². The Balaban J connectivity index is 1.36. The van der Waals surface area contributed by atoms with Crippen LogP contribution >= 0.6 is 0 Å². The van der Waals surface area contributed by atoms with E-state index in [4.69, 9.17) is 4.74 Å². The number of anilines is 1. The summed E-state index contributed by atoms with van der Waals surface area (Å²) in [6, 6.07) is 5.80. The average molecular weight is 406 g/mol. The standard InChI is InChI=1S/C20H22N8O2/c1-14-10-22-26(11-14)13-18(29)24-20-23-17-6-5-15(12-27(17)25-20)16-7-8-21-28(16)19-4-2-3-9-30-19/h5-8,10-12,19H,2-4,9,13H2,1H3,(H,24,25,29)/t19-/m0/s1. The maximum Gasteiger partial charge on any atom is 0.249 e. The van der Waals surface area contributed by atoms with Gasteiger partial charge >= 0.3 is 0 Å². The van der Waals surface area contributed by atoms with Crippen LogP contribution in [0.1, 0.15) is 31.1 Å². The monoisotopic (exact) mass is 406 g/mol. The van der Waals surface area contributed by atoms with Gasteiger partial charge in [0.25, 0.3) is 0 Å². The molecule has 4 aromatic rings. The van der Waals surface area contributed by atoms with Gasteiger partial charge in [-0.05, 0) is 49.9 Å². The van der Waals surface area contributed by atoms with Crippen molar-refractivity contribution < 1.29 is 9.53 Å². The third-order valence-corrected chi connectivity index (χ3v) is 5.04. The van der Waals surface area contributed by atoms with Crippen LogP contribution in [0.25, 0.3) is 16.9 Å². The molecule has 1 aliphatic heterocycles. The zero-order valence-electron chi connectivity index (χ0n) is 16.6. The van der Waals surface area contributed by atoms with E-state index in [1.165, 1.54) is 0 Å². The largest absolute Gasteiger partial charge is 0.356 e. The number of nitrogens with zero attached hydrogens (tertiary/aromatic N) is 7. The molecular weight excluding hydrogens is 384 g/mol. The number of hydrogen-bond donors (Lipinski definition) is 1. The van der Waals surface area contributed by atoms with Crippen LogP contribution in [0.4, 0.5) is 5.95 Å². The number of carbonyl (C=O) groups is 1. The van der Waals surface area contributed by atoms with Crippen molar-refractivity contribution in [3.63, 3.8) is 0 Å². The number of aromatic nitrogens is 7. The Morgan fingerprint density at radius 1 is 1.23 bits per heavy atom. The summed E-state index contributed by atoms with van der Waals surface area (Å²) in [4.78, 5) is 16.6. The minimum Gasteiger partial charge on any atom is -0.356 e. The second-order valence-electron chi connectivity index (χ2n) is 7.40. The Hall–Kier alpha value is -3.53. The van der Waals surface area contributed by atoms with Gasteiger partial charge in [0.05, 0.1) is 11.9 Å². The van der Waals surface area contributed by atoms with Crippen molar-refractivity contribution in [3.05, 3.63) is 48.5 Å². The second-order valence-corrected chi connectivity index (χ2v) is 7.40. The molecule has 0 radical (unpaired) electrons. The molecule has 0 spiro atoms. The Bertz CT molecular complexity index is 1180. The Morgan fingerprint density at radius 3 is 2.97 bits per heavy atom. The molecule has 0 aliphatic carbocycles. The highest BCUT2D eigenvalue weighted by molar-refractivity contribution is 5.88. The van der Waals surface area contributed by atoms with Crippen molar-refractivity contribution in [2.24, 2.45) is 0 Å². The minimum absolute atomic E-state index is 0.0454. The maximum absolute atomic E-state index is 12.3. The lowest BCUT2D eigenvalue weighted by atomic mass is 10.1. The normalized spacial score (nSPS) is 16.8. The number of nitrogens with one attached hydrogen (secondary N) is 1. The molecule has 5 rings (SSSR count). The molecule has 0 unspecified atom stereocenters. The molecule has 154 valence electrons. The van der Waals surface area contributed by atoms with Crippen molar-refractivity contribution in [3.8, 4) is 11.3 Å². The number of hydrogen-bond acceptors (Lipinski definition) is 6. The number of fused-ring (bicyclic) bond motifs is 1. The van der Waals surface area contributed by atoms with E-state index in [0.717, 1.165) is 42.7 Å². The summed E-state index contributed by atoms with van der Waals surface area (Å²) in [5.74, 6) is 0.0203. The number of pyridine rings is 1. The zero-order chi connectivity index (χ0) is 20.5. The van der Waals surface area contributed by atoms with Crippen LogP contribution in [0, 0.1) is 6.92 Å². The fourth-order valence-corrected chi connectivity index (χ4v) is 3.64. The highest BCUT2D eigenvalue weighted by atomic mass is 16.5. The Kier molecular flexibility index (Phi) is 4.75. The molecule has 10 nitrogen and oxygen atoms in total. The fraction of sp³-hybridized carbons (Fsp3) is 0.350. The second kappa shape index (κ2) is 7.71. The average Bonchev–Trinajstić information content (AvgIpc) is 3.47. The summed E-state index contributed by atoms with van der Waals surface area (Å²) in [6.45, 7) is 2.79. The molecule has 1 amide bonds. The van der Waals surface area contributed by atoms with Gasteiger partial charge < -0.3 is 4.74 Å². The van der Waals surface area contributed by atoms with Crippen molar-refractivity contribution in [2.75, 3.05) is 11.9 Å². The van der Waals surface area contributed by atoms with E-state index in [-0.39, 0.29) is 24.6 Å². The molecule has 30 heavy (non-hydrogen) atoms. The van der Waals surface area contributed by atoms with Crippen molar-refractivity contribution in [1.29, 1.82) is 0 Å². The summed E-state index contributed by atoms with van der Waals surface area (Å²) in [5.41, 5.74) is 3.55. The first-order valence-corrected chi connectivity index (χ1v) is 9.96. The lowest BCUT2D eigenvalue weighted by Gasteiger charge is -2.24. The van der Waals surface area contributed by atoms with Crippen LogP contribution in [-0.2, 0) is 16.1 Å². The molecule has 4 aromatic heterocycles. The van der Waals surface area contributed by atoms with Gasteiger partial charge in [0.1, 0.15) is 6.54 Å². The Morgan fingerprint density at radius 2 is 2.17 bits per heavy atom. The van der Waals surface area contributed by atoms with Gasteiger partial charge in [-0.1, -0.05) is 0 Å². The molecule has 1 fully saturated rings.